The van der Waals surface area contributed by atoms with E-state index in [1.165, 1.54) is 12.8 Å². The molecule has 0 spiro atoms. The first kappa shape index (κ1) is 16.4. The van der Waals surface area contributed by atoms with Gasteiger partial charge in [0.15, 0.2) is 0 Å². The zero-order chi connectivity index (χ0) is 14.5. The fourth-order valence-electron chi connectivity index (χ4n) is 2.54. The van der Waals surface area contributed by atoms with Gasteiger partial charge < -0.3 is 15.0 Å². The summed E-state index contributed by atoms with van der Waals surface area (Å²) < 4.78 is 5.21. The summed E-state index contributed by atoms with van der Waals surface area (Å²) in [7, 11) is 2.15. The van der Waals surface area contributed by atoms with Gasteiger partial charge in [-0.25, -0.2) is 0 Å². The summed E-state index contributed by atoms with van der Waals surface area (Å²) in [5, 5.41) is 3.30. The zero-order valence-electron chi connectivity index (χ0n) is 13.2. The summed E-state index contributed by atoms with van der Waals surface area (Å²) in [5.74, 6) is 0.740. The number of likely N-dealkylation sites (N-methyl/N-ethyl adjacent to an activating group) is 1. The summed E-state index contributed by atoms with van der Waals surface area (Å²) >= 11 is 0. The molecule has 2 atom stereocenters. The van der Waals surface area contributed by atoms with E-state index in [4.69, 9.17) is 4.74 Å². The van der Waals surface area contributed by atoms with Gasteiger partial charge in [0.1, 0.15) is 5.54 Å². The zero-order valence-corrected chi connectivity index (χ0v) is 13.2. The third-order valence-electron chi connectivity index (χ3n) is 3.99. The number of carbonyl (C=O) groups excluding carboxylic acids is 1. The Balaban J connectivity index is 2.56. The molecule has 4 nitrogen and oxygen atoms in total. The van der Waals surface area contributed by atoms with Crippen molar-refractivity contribution in [2.45, 2.75) is 58.5 Å². The normalized spacial score (nSPS) is 20.1. The third-order valence-corrected chi connectivity index (χ3v) is 3.99. The van der Waals surface area contributed by atoms with Crippen molar-refractivity contribution >= 4 is 5.97 Å². The molecule has 0 heterocycles. The average molecular weight is 270 g/mol. The summed E-state index contributed by atoms with van der Waals surface area (Å²) in [5.41, 5.74) is -0.581. The lowest BCUT2D eigenvalue weighted by atomic mass is 9.92. The number of esters is 1. The molecular formula is C15H30N2O2. The Kier molecular flexibility index (Phi) is 6.27. The monoisotopic (exact) mass is 270 g/mol. The number of hydrogen-bond acceptors (Lipinski definition) is 4. The van der Waals surface area contributed by atoms with Crippen molar-refractivity contribution in [2.75, 3.05) is 26.7 Å². The number of nitrogens with zero attached hydrogens (tertiary/aromatic N) is 1. The molecule has 0 amide bonds. The molecule has 1 saturated carbocycles. The molecule has 0 radical (unpaired) electrons. The highest BCUT2D eigenvalue weighted by molar-refractivity contribution is 5.80. The van der Waals surface area contributed by atoms with Crippen molar-refractivity contribution in [1.29, 1.82) is 0 Å². The Morgan fingerprint density at radius 1 is 1.47 bits per heavy atom. The third kappa shape index (κ3) is 5.11. The molecule has 1 aliphatic rings. The fourth-order valence-corrected chi connectivity index (χ4v) is 2.54. The molecule has 1 fully saturated rings. The van der Waals surface area contributed by atoms with Gasteiger partial charge in [0.2, 0.25) is 0 Å². The fraction of sp³-hybridized carbons (Fsp3) is 0.933. The van der Waals surface area contributed by atoms with Crippen molar-refractivity contribution < 1.29 is 9.53 Å². The first-order chi connectivity index (χ1) is 8.92. The molecule has 19 heavy (non-hydrogen) atoms. The van der Waals surface area contributed by atoms with Gasteiger partial charge in [-0.3, -0.25) is 4.79 Å². The first-order valence-corrected chi connectivity index (χ1v) is 7.55. The van der Waals surface area contributed by atoms with Crippen LogP contribution in [0.3, 0.4) is 0 Å². The van der Waals surface area contributed by atoms with Crippen LogP contribution in [0.1, 0.15) is 47.0 Å². The Labute approximate surface area is 117 Å². The van der Waals surface area contributed by atoms with E-state index in [-0.39, 0.29) is 5.97 Å². The highest BCUT2D eigenvalue weighted by atomic mass is 16.5. The van der Waals surface area contributed by atoms with Gasteiger partial charge in [-0.15, -0.1) is 0 Å². The van der Waals surface area contributed by atoms with Crippen LogP contribution in [0.2, 0.25) is 0 Å². The lowest BCUT2D eigenvalue weighted by Crippen LogP contribution is -2.54. The van der Waals surface area contributed by atoms with Crippen LogP contribution in [-0.4, -0.2) is 49.2 Å². The van der Waals surface area contributed by atoms with Crippen LogP contribution in [-0.2, 0) is 9.53 Å². The van der Waals surface area contributed by atoms with E-state index >= 15 is 0 Å². The van der Waals surface area contributed by atoms with Crippen LogP contribution >= 0.6 is 0 Å². The van der Waals surface area contributed by atoms with Crippen LogP contribution < -0.4 is 5.32 Å². The molecule has 4 heteroatoms. The van der Waals surface area contributed by atoms with E-state index in [0.717, 1.165) is 25.4 Å². The Hall–Kier alpha value is -0.610. The number of nitrogens with one attached hydrogen (secondary N) is 1. The summed E-state index contributed by atoms with van der Waals surface area (Å²) in [6.45, 7) is 10.4. The van der Waals surface area contributed by atoms with Crippen molar-refractivity contribution in [3.8, 4) is 0 Å². The summed E-state index contributed by atoms with van der Waals surface area (Å²) in [6.07, 6.45) is 3.50. The van der Waals surface area contributed by atoms with E-state index in [0.29, 0.717) is 12.6 Å². The maximum absolute atomic E-state index is 12.1. The van der Waals surface area contributed by atoms with Crippen LogP contribution in [0.15, 0.2) is 0 Å². The molecule has 112 valence electrons. The predicted octanol–water partition coefficient (Wildman–Crippen LogP) is 2.04. The Morgan fingerprint density at radius 2 is 2.11 bits per heavy atom. The Bertz CT molecular complexity index is 292. The van der Waals surface area contributed by atoms with E-state index in [1.54, 1.807) is 0 Å². The second-order valence-electron chi connectivity index (χ2n) is 6.02. The van der Waals surface area contributed by atoms with E-state index < -0.39 is 5.54 Å². The lowest BCUT2D eigenvalue weighted by Gasteiger charge is -2.34. The first-order valence-electron chi connectivity index (χ1n) is 7.55. The van der Waals surface area contributed by atoms with Crippen LogP contribution in [0.25, 0.3) is 0 Å². The minimum Gasteiger partial charge on any atom is -0.465 e. The average Bonchev–Trinajstić information content (AvgIpc) is 3.13. The van der Waals surface area contributed by atoms with Crippen molar-refractivity contribution in [1.82, 2.24) is 10.2 Å². The molecule has 0 aromatic rings. The lowest BCUT2D eigenvalue weighted by molar-refractivity contribution is -0.151. The topological polar surface area (TPSA) is 41.6 Å². The van der Waals surface area contributed by atoms with E-state index in [1.807, 2.05) is 20.8 Å². The molecule has 2 unspecified atom stereocenters. The van der Waals surface area contributed by atoms with Gasteiger partial charge in [0, 0.05) is 12.6 Å². The SMILES string of the molecule is CCNC(C)(CC(C)N(C)CC1CC1)C(=O)OCC. The summed E-state index contributed by atoms with van der Waals surface area (Å²) in [6, 6.07) is 0.369. The van der Waals surface area contributed by atoms with Gasteiger partial charge in [0.25, 0.3) is 0 Å². The number of rotatable bonds is 9. The van der Waals surface area contributed by atoms with E-state index in [9.17, 15) is 4.79 Å². The number of carbonyl (C=O) groups is 1. The van der Waals surface area contributed by atoms with Crippen molar-refractivity contribution in [2.24, 2.45) is 5.92 Å². The number of hydrogen-bond donors (Lipinski definition) is 1. The van der Waals surface area contributed by atoms with Crippen molar-refractivity contribution in [3.05, 3.63) is 0 Å². The predicted molar refractivity (Wildman–Crippen MR) is 78.1 cm³/mol. The minimum absolute atomic E-state index is 0.136. The second-order valence-corrected chi connectivity index (χ2v) is 6.02. The molecule has 1 aliphatic carbocycles. The largest absolute Gasteiger partial charge is 0.465 e. The molecule has 0 aliphatic heterocycles. The smallest absolute Gasteiger partial charge is 0.326 e. The standard InChI is InChI=1S/C15H30N2O2/c1-6-16-15(4,14(18)19-7-2)10-12(3)17(5)11-13-8-9-13/h12-13,16H,6-11H2,1-5H3. The maximum Gasteiger partial charge on any atom is 0.326 e. The molecule has 1 rings (SSSR count). The van der Waals surface area contributed by atoms with Gasteiger partial charge in [-0.2, -0.15) is 0 Å². The Morgan fingerprint density at radius 3 is 2.58 bits per heavy atom. The second kappa shape index (κ2) is 7.25. The molecule has 1 N–H and O–H groups in total. The maximum atomic E-state index is 12.1. The highest BCUT2D eigenvalue weighted by Gasteiger charge is 2.36. The van der Waals surface area contributed by atoms with Gasteiger partial charge >= 0.3 is 5.97 Å². The van der Waals surface area contributed by atoms with E-state index in [2.05, 4.69) is 24.2 Å². The number of ether oxygens (including phenoxy) is 1. The van der Waals surface area contributed by atoms with Crippen LogP contribution in [0.5, 0.6) is 0 Å². The van der Waals surface area contributed by atoms with Gasteiger partial charge in [0.05, 0.1) is 6.61 Å². The van der Waals surface area contributed by atoms with Crippen LogP contribution in [0, 0.1) is 5.92 Å². The van der Waals surface area contributed by atoms with Crippen LogP contribution in [0.4, 0.5) is 0 Å². The summed E-state index contributed by atoms with van der Waals surface area (Å²) in [4.78, 5) is 14.5. The van der Waals surface area contributed by atoms with Crippen molar-refractivity contribution in [3.63, 3.8) is 0 Å². The van der Waals surface area contributed by atoms with Gasteiger partial charge in [-0.1, -0.05) is 6.92 Å². The quantitative estimate of drug-likeness (QED) is 0.651. The van der Waals surface area contributed by atoms with Gasteiger partial charge in [-0.05, 0) is 59.5 Å². The molecule has 0 bridgehead atoms. The highest BCUT2D eigenvalue weighted by Crippen LogP contribution is 2.30. The molecular weight excluding hydrogens is 240 g/mol. The minimum atomic E-state index is -0.581. The molecule has 0 aromatic carbocycles. The molecule has 0 saturated heterocycles. The molecule has 0 aromatic heterocycles.